The molecule has 0 spiro atoms. The van der Waals surface area contributed by atoms with Gasteiger partial charge in [0.2, 0.25) is 0 Å². The van der Waals surface area contributed by atoms with Crippen LogP contribution in [0.5, 0.6) is 5.75 Å². The van der Waals surface area contributed by atoms with Gasteiger partial charge in [0, 0.05) is 18.0 Å². The van der Waals surface area contributed by atoms with Crippen LogP contribution in [-0.2, 0) is 6.42 Å². The van der Waals surface area contributed by atoms with Gasteiger partial charge in [-0.05, 0) is 57.9 Å². The van der Waals surface area contributed by atoms with Crippen molar-refractivity contribution in [3.8, 4) is 17.2 Å². The molecule has 0 aliphatic heterocycles. The molecule has 124 valence electrons. The Morgan fingerprint density at radius 2 is 2.13 bits per heavy atom. The normalized spacial score (nSPS) is 17.1. The lowest BCUT2D eigenvalue weighted by molar-refractivity contribution is 0.155. The SMILES string of the molecule is CNC(C)Cc1noc(-c2cccc(OC3CCCCC3)c2)n1. The van der Waals surface area contributed by atoms with E-state index in [9.17, 15) is 0 Å². The number of hydrogen-bond acceptors (Lipinski definition) is 5. The topological polar surface area (TPSA) is 60.2 Å². The van der Waals surface area contributed by atoms with Gasteiger partial charge < -0.3 is 14.6 Å². The third kappa shape index (κ3) is 4.32. The predicted molar refractivity (Wildman–Crippen MR) is 89.5 cm³/mol. The molecule has 1 aromatic carbocycles. The average molecular weight is 315 g/mol. The number of aromatic nitrogens is 2. The maximum atomic E-state index is 6.11. The van der Waals surface area contributed by atoms with Gasteiger partial charge in [-0.15, -0.1) is 0 Å². The zero-order valence-electron chi connectivity index (χ0n) is 13.9. The number of nitrogens with zero attached hydrogens (tertiary/aromatic N) is 2. The van der Waals surface area contributed by atoms with E-state index in [-0.39, 0.29) is 0 Å². The molecule has 0 saturated heterocycles. The molecule has 1 N–H and O–H groups in total. The van der Waals surface area contributed by atoms with Crippen molar-refractivity contribution >= 4 is 0 Å². The van der Waals surface area contributed by atoms with Crippen molar-refractivity contribution in [2.45, 2.75) is 57.6 Å². The van der Waals surface area contributed by atoms with Crippen LogP contribution in [0.15, 0.2) is 28.8 Å². The average Bonchev–Trinajstić information content (AvgIpc) is 3.04. The van der Waals surface area contributed by atoms with Crippen LogP contribution in [0, 0.1) is 0 Å². The highest BCUT2D eigenvalue weighted by atomic mass is 16.5. The van der Waals surface area contributed by atoms with E-state index in [0.29, 0.717) is 18.0 Å². The fourth-order valence-corrected chi connectivity index (χ4v) is 2.91. The molecule has 2 aromatic rings. The molecule has 3 rings (SSSR count). The van der Waals surface area contributed by atoms with Crippen LogP contribution in [0.2, 0.25) is 0 Å². The standard InChI is InChI=1S/C18H25N3O2/c1-13(19-2)11-17-20-18(23-21-17)14-7-6-10-16(12-14)22-15-8-4-3-5-9-15/h6-7,10,12-13,15,19H,3-5,8-9,11H2,1-2H3. The summed E-state index contributed by atoms with van der Waals surface area (Å²) in [4.78, 5) is 4.48. The number of hydrogen-bond donors (Lipinski definition) is 1. The van der Waals surface area contributed by atoms with Crippen LogP contribution in [0.1, 0.15) is 44.9 Å². The van der Waals surface area contributed by atoms with E-state index in [4.69, 9.17) is 9.26 Å². The minimum Gasteiger partial charge on any atom is -0.490 e. The van der Waals surface area contributed by atoms with Gasteiger partial charge in [0.15, 0.2) is 5.82 Å². The maximum absolute atomic E-state index is 6.11. The molecule has 0 bridgehead atoms. The number of rotatable bonds is 6. The van der Waals surface area contributed by atoms with Crippen molar-refractivity contribution in [3.63, 3.8) is 0 Å². The van der Waals surface area contributed by atoms with E-state index in [0.717, 1.165) is 36.4 Å². The Kier molecular flexibility index (Phi) is 5.28. The Hall–Kier alpha value is -1.88. The van der Waals surface area contributed by atoms with Gasteiger partial charge in [-0.1, -0.05) is 17.6 Å². The lowest BCUT2D eigenvalue weighted by Crippen LogP contribution is -2.24. The van der Waals surface area contributed by atoms with Crippen molar-refractivity contribution < 1.29 is 9.26 Å². The van der Waals surface area contributed by atoms with E-state index < -0.39 is 0 Å². The molecule has 5 heteroatoms. The summed E-state index contributed by atoms with van der Waals surface area (Å²) in [6.07, 6.45) is 7.25. The lowest BCUT2D eigenvalue weighted by Gasteiger charge is -2.23. The van der Waals surface area contributed by atoms with Crippen LogP contribution < -0.4 is 10.1 Å². The van der Waals surface area contributed by atoms with E-state index in [1.165, 1.54) is 19.3 Å². The summed E-state index contributed by atoms with van der Waals surface area (Å²) in [5.41, 5.74) is 0.911. The van der Waals surface area contributed by atoms with Gasteiger partial charge in [0.1, 0.15) is 5.75 Å². The van der Waals surface area contributed by atoms with Gasteiger partial charge in [-0.25, -0.2) is 0 Å². The zero-order valence-corrected chi connectivity index (χ0v) is 13.9. The molecular weight excluding hydrogens is 290 g/mol. The van der Waals surface area contributed by atoms with Crippen LogP contribution in [0.25, 0.3) is 11.5 Å². The Morgan fingerprint density at radius 1 is 1.30 bits per heavy atom. The molecule has 1 aliphatic rings. The summed E-state index contributed by atoms with van der Waals surface area (Å²) in [5.74, 6) is 2.16. The second-order valence-electron chi connectivity index (χ2n) is 6.32. The monoisotopic (exact) mass is 315 g/mol. The smallest absolute Gasteiger partial charge is 0.258 e. The molecule has 0 amide bonds. The second-order valence-corrected chi connectivity index (χ2v) is 6.32. The fraction of sp³-hybridized carbons (Fsp3) is 0.556. The number of ether oxygens (including phenoxy) is 1. The zero-order chi connectivity index (χ0) is 16.1. The maximum Gasteiger partial charge on any atom is 0.258 e. The van der Waals surface area contributed by atoms with Gasteiger partial charge in [-0.3, -0.25) is 0 Å². The van der Waals surface area contributed by atoms with E-state index in [1.54, 1.807) is 0 Å². The first-order chi connectivity index (χ1) is 11.2. The van der Waals surface area contributed by atoms with E-state index in [2.05, 4.69) is 22.4 Å². The van der Waals surface area contributed by atoms with Gasteiger partial charge >= 0.3 is 0 Å². The minimum atomic E-state index is 0.321. The van der Waals surface area contributed by atoms with E-state index in [1.807, 2.05) is 31.3 Å². The molecular formula is C18H25N3O2. The highest BCUT2D eigenvalue weighted by Crippen LogP contribution is 2.27. The fourth-order valence-electron chi connectivity index (χ4n) is 2.91. The minimum absolute atomic E-state index is 0.321. The molecule has 1 saturated carbocycles. The van der Waals surface area contributed by atoms with Crippen molar-refractivity contribution in [2.75, 3.05) is 7.05 Å². The highest BCUT2D eigenvalue weighted by molar-refractivity contribution is 5.55. The molecule has 1 atom stereocenters. The molecule has 5 nitrogen and oxygen atoms in total. The van der Waals surface area contributed by atoms with Gasteiger partial charge in [-0.2, -0.15) is 4.98 Å². The van der Waals surface area contributed by atoms with Crippen molar-refractivity contribution in [3.05, 3.63) is 30.1 Å². The Balaban J connectivity index is 1.69. The first kappa shape index (κ1) is 16.0. The van der Waals surface area contributed by atoms with Crippen molar-refractivity contribution in [1.82, 2.24) is 15.5 Å². The third-order valence-corrected chi connectivity index (χ3v) is 4.39. The third-order valence-electron chi connectivity index (χ3n) is 4.39. The molecule has 1 heterocycles. The first-order valence-corrected chi connectivity index (χ1v) is 8.51. The quantitative estimate of drug-likeness (QED) is 0.882. The molecule has 23 heavy (non-hydrogen) atoms. The summed E-state index contributed by atoms with van der Waals surface area (Å²) in [5, 5.41) is 7.23. The molecule has 0 radical (unpaired) electrons. The molecule has 1 fully saturated rings. The number of benzene rings is 1. The van der Waals surface area contributed by atoms with E-state index >= 15 is 0 Å². The molecule has 1 aromatic heterocycles. The predicted octanol–water partition coefficient (Wildman–Crippen LogP) is 3.60. The Labute approximate surface area is 137 Å². The van der Waals surface area contributed by atoms with Gasteiger partial charge in [0.25, 0.3) is 5.89 Å². The summed E-state index contributed by atoms with van der Waals surface area (Å²) in [6.45, 7) is 2.09. The lowest BCUT2D eigenvalue weighted by atomic mass is 9.98. The molecule has 1 aliphatic carbocycles. The molecule has 1 unspecified atom stereocenters. The van der Waals surface area contributed by atoms with Crippen LogP contribution in [-0.4, -0.2) is 29.3 Å². The summed E-state index contributed by atoms with van der Waals surface area (Å²) < 4.78 is 11.5. The van der Waals surface area contributed by atoms with Crippen LogP contribution >= 0.6 is 0 Å². The first-order valence-electron chi connectivity index (χ1n) is 8.51. The van der Waals surface area contributed by atoms with Crippen molar-refractivity contribution in [1.29, 1.82) is 0 Å². The summed E-state index contributed by atoms with van der Waals surface area (Å²) in [6, 6.07) is 8.27. The van der Waals surface area contributed by atoms with Gasteiger partial charge in [0.05, 0.1) is 6.10 Å². The highest BCUT2D eigenvalue weighted by Gasteiger charge is 2.16. The number of nitrogens with one attached hydrogen (secondary N) is 1. The second kappa shape index (κ2) is 7.59. The largest absolute Gasteiger partial charge is 0.490 e. The van der Waals surface area contributed by atoms with Crippen LogP contribution in [0.4, 0.5) is 0 Å². The summed E-state index contributed by atoms with van der Waals surface area (Å²) in [7, 11) is 1.93. The Bertz CT molecular complexity index is 620. The summed E-state index contributed by atoms with van der Waals surface area (Å²) >= 11 is 0. The van der Waals surface area contributed by atoms with Crippen LogP contribution in [0.3, 0.4) is 0 Å². The Morgan fingerprint density at radius 3 is 2.91 bits per heavy atom. The number of likely N-dealkylation sites (N-methyl/N-ethyl adjacent to an activating group) is 1. The van der Waals surface area contributed by atoms with Crippen molar-refractivity contribution in [2.24, 2.45) is 0 Å².